The quantitative estimate of drug-likeness (QED) is 0.185. The number of benzene rings is 7. The minimum absolute atomic E-state index is 0.575. The molecule has 0 aliphatic rings. The maximum atomic E-state index is 6.77. The van der Waals surface area contributed by atoms with Gasteiger partial charge in [-0.05, 0) is 46.5 Å². The minimum atomic E-state index is 0.575. The number of thiophene rings is 1. The van der Waals surface area contributed by atoms with E-state index in [2.05, 4.69) is 97.1 Å². The summed E-state index contributed by atoms with van der Waals surface area (Å²) < 4.78 is 9.34. The summed E-state index contributed by atoms with van der Waals surface area (Å²) in [5.41, 5.74) is 9.05. The van der Waals surface area contributed by atoms with Crippen molar-refractivity contribution in [3.63, 3.8) is 0 Å². The summed E-state index contributed by atoms with van der Waals surface area (Å²) in [5.74, 6) is 1.82. The fourth-order valence-electron chi connectivity index (χ4n) is 6.98. The molecule has 0 N–H and O–H groups in total. The van der Waals surface area contributed by atoms with E-state index in [1.807, 2.05) is 78.1 Å². The van der Waals surface area contributed by atoms with Gasteiger partial charge in [-0.1, -0.05) is 140 Å². The molecule has 50 heavy (non-hydrogen) atoms. The fraction of sp³-hybridized carbons (Fsp3) is 0. The zero-order valence-electron chi connectivity index (χ0n) is 26.7. The molecule has 234 valence electrons. The molecule has 3 heterocycles. The molecule has 0 saturated carbocycles. The van der Waals surface area contributed by atoms with E-state index < -0.39 is 0 Å². The Morgan fingerprint density at radius 2 is 1.00 bits per heavy atom. The fourth-order valence-corrected chi connectivity index (χ4v) is 8.25. The van der Waals surface area contributed by atoms with Crippen LogP contribution in [0.4, 0.5) is 0 Å². The summed E-state index contributed by atoms with van der Waals surface area (Å²) in [4.78, 5) is 14.9. The van der Waals surface area contributed by atoms with E-state index in [1.54, 1.807) is 0 Å². The first-order valence-corrected chi connectivity index (χ1v) is 17.4. The molecule has 0 radical (unpaired) electrons. The van der Waals surface area contributed by atoms with Gasteiger partial charge in [0, 0.05) is 42.1 Å². The molecular formula is C45H27N3OS. The van der Waals surface area contributed by atoms with Crippen LogP contribution in [0.2, 0.25) is 0 Å². The molecule has 0 spiro atoms. The Morgan fingerprint density at radius 3 is 1.72 bits per heavy atom. The lowest BCUT2D eigenvalue weighted by atomic mass is 9.94. The van der Waals surface area contributed by atoms with E-state index in [4.69, 9.17) is 19.4 Å². The first-order valence-electron chi connectivity index (χ1n) is 16.6. The summed E-state index contributed by atoms with van der Waals surface area (Å²) in [5, 5.41) is 4.62. The smallest absolute Gasteiger partial charge is 0.167 e. The number of para-hydroxylation sites is 1. The van der Waals surface area contributed by atoms with Crippen LogP contribution in [0.3, 0.4) is 0 Å². The number of rotatable bonds is 5. The Morgan fingerprint density at radius 1 is 0.400 bits per heavy atom. The number of hydrogen-bond donors (Lipinski definition) is 0. The van der Waals surface area contributed by atoms with Crippen molar-refractivity contribution in [2.75, 3.05) is 0 Å². The maximum absolute atomic E-state index is 6.77. The lowest BCUT2D eigenvalue weighted by molar-refractivity contribution is 0.669. The SMILES string of the molecule is c1ccc(-c2nc(-c3ccccc3)nc(-c3cccc4c3oc3cc(-c5ccc(-c6ccccc6)c6sc7ccccc7c56)ccc34)n2)cc1. The Labute approximate surface area is 292 Å². The van der Waals surface area contributed by atoms with E-state index in [0.29, 0.717) is 17.5 Å². The van der Waals surface area contributed by atoms with E-state index >= 15 is 0 Å². The Balaban J connectivity index is 1.16. The van der Waals surface area contributed by atoms with Crippen LogP contribution in [0.15, 0.2) is 168 Å². The Kier molecular flexibility index (Phi) is 6.64. The topological polar surface area (TPSA) is 51.8 Å². The van der Waals surface area contributed by atoms with Crippen LogP contribution < -0.4 is 0 Å². The van der Waals surface area contributed by atoms with Gasteiger partial charge in [-0.2, -0.15) is 0 Å². The highest BCUT2D eigenvalue weighted by Gasteiger charge is 2.20. The summed E-state index contributed by atoms with van der Waals surface area (Å²) >= 11 is 1.86. The van der Waals surface area contributed by atoms with E-state index in [0.717, 1.165) is 44.2 Å². The molecule has 0 saturated heterocycles. The summed E-state index contributed by atoms with van der Waals surface area (Å²) in [6, 6.07) is 56.8. The van der Waals surface area contributed by atoms with Crippen LogP contribution in [0.5, 0.6) is 0 Å². The number of aromatic nitrogens is 3. The van der Waals surface area contributed by atoms with Gasteiger partial charge in [-0.25, -0.2) is 15.0 Å². The molecular weight excluding hydrogens is 631 g/mol. The predicted octanol–water partition coefficient (Wildman–Crippen LogP) is 12.5. The molecule has 0 atom stereocenters. The second-order valence-electron chi connectivity index (χ2n) is 12.4. The zero-order valence-corrected chi connectivity index (χ0v) is 27.6. The van der Waals surface area contributed by atoms with Gasteiger partial charge >= 0.3 is 0 Å². The monoisotopic (exact) mass is 657 g/mol. The lowest BCUT2D eigenvalue weighted by Crippen LogP contribution is -2.00. The van der Waals surface area contributed by atoms with Crippen LogP contribution in [-0.4, -0.2) is 15.0 Å². The molecule has 4 nitrogen and oxygen atoms in total. The van der Waals surface area contributed by atoms with Crippen LogP contribution in [0.1, 0.15) is 0 Å². The van der Waals surface area contributed by atoms with Crippen LogP contribution >= 0.6 is 11.3 Å². The molecule has 10 aromatic rings. The number of hydrogen-bond acceptors (Lipinski definition) is 5. The molecule has 5 heteroatoms. The van der Waals surface area contributed by atoms with Gasteiger partial charge in [0.2, 0.25) is 0 Å². The van der Waals surface area contributed by atoms with Crippen molar-refractivity contribution in [2.45, 2.75) is 0 Å². The molecule has 3 aromatic heterocycles. The molecule has 0 aliphatic heterocycles. The minimum Gasteiger partial charge on any atom is -0.455 e. The van der Waals surface area contributed by atoms with Gasteiger partial charge in [-0.15, -0.1) is 11.3 Å². The predicted molar refractivity (Wildman–Crippen MR) is 207 cm³/mol. The Hall–Kier alpha value is -6.43. The number of furan rings is 1. The molecule has 0 aliphatic carbocycles. The number of fused-ring (bicyclic) bond motifs is 6. The second-order valence-corrected chi connectivity index (χ2v) is 13.4. The number of nitrogens with zero attached hydrogens (tertiary/aromatic N) is 3. The second kappa shape index (κ2) is 11.6. The average Bonchev–Trinajstić information content (AvgIpc) is 3.77. The van der Waals surface area contributed by atoms with E-state index in [1.165, 1.54) is 36.9 Å². The summed E-state index contributed by atoms with van der Waals surface area (Å²) in [6.07, 6.45) is 0. The first kappa shape index (κ1) is 28.6. The van der Waals surface area contributed by atoms with Gasteiger partial charge in [0.15, 0.2) is 17.5 Å². The van der Waals surface area contributed by atoms with Crippen molar-refractivity contribution in [1.29, 1.82) is 0 Å². The van der Waals surface area contributed by atoms with Crippen molar-refractivity contribution in [1.82, 2.24) is 15.0 Å². The van der Waals surface area contributed by atoms with Crippen LogP contribution in [0.25, 0.3) is 98.5 Å². The molecule has 0 unspecified atom stereocenters. The van der Waals surface area contributed by atoms with Crippen LogP contribution in [0, 0.1) is 0 Å². The van der Waals surface area contributed by atoms with Crippen molar-refractivity contribution in [3.05, 3.63) is 164 Å². The lowest BCUT2D eigenvalue weighted by Gasteiger charge is -2.09. The van der Waals surface area contributed by atoms with Crippen LogP contribution in [-0.2, 0) is 0 Å². The highest BCUT2D eigenvalue weighted by molar-refractivity contribution is 7.26. The molecule has 7 aromatic carbocycles. The van der Waals surface area contributed by atoms with Crippen molar-refractivity contribution < 1.29 is 4.42 Å². The average molecular weight is 658 g/mol. The standard InChI is InChI=1S/C45H27N3OS/c1-4-13-28(14-5-1)33-26-25-32(40-36-19-10-11-22-39(36)50-42(33)40)31-23-24-34-35-20-12-21-37(41(35)49-38(34)27-31)45-47-43(29-15-6-2-7-16-29)46-44(48-45)30-17-8-3-9-18-30/h1-27H. The highest BCUT2D eigenvalue weighted by Crippen LogP contribution is 2.46. The molecule has 0 bridgehead atoms. The molecule has 0 amide bonds. The normalized spacial score (nSPS) is 11.6. The van der Waals surface area contributed by atoms with Crippen molar-refractivity contribution in [3.8, 4) is 56.4 Å². The third-order valence-corrected chi connectivity index (χ3v) is 10.6. The van der Waals surface area contributed by atoms with Crippen molar-refractivity contribution in [2.24, 2.45) is 0 Å². The molecule has 10 rings (SSSR count). The van der Waals surface area contributed by atoms with Crippen molar-refractivity contribution >= 4 is 53.4 Å². The van der Waals surface area contributed by atoms with E-state index in [-0.39, 0.29) is 0 Å². The Bertz CT molecular complexity index is 2800. The summed E-state index contributed by atoms with van der Waals surface area (Å²) in [7, 11) is 0. The largest absolute Gasteiger partial charge is 0.455 e. The van der Waals surface area contributed by atoms with Gasteiger partial charge < -0.3 is 4.42 Å². The van der Waals surface area contributed by atoms with E-state index in [9.17, 15) is 0 Å². The molecule has 0 fully saturated rings. The first-order chi connectivity index (χ1) is 24.8. The van der Waals surface area contributed by atoms with Gasteiger partial charge in [0.25, 0.3) is 0 Å². The zero-order chi connectivity index (χ0) is 33.0. The summed E-state index contributed by atoms with van der Waals surface area (Å²) in [6.45, 7) is 0. The third kappa shape index (κ3) is 4.71. The highest BCUT2D eigenvalue weighted by atomic mass is 32.1. The maximum Gasteiger partial charge on any atom is 0.167 e. The third-order valence-electron chi connectivity index (χ3n) is 9.36. The van der Waals surface area contributed by atoms with Gasteiger partial charge in [-0.3, -0.25) is 0 Å². The van der Waals surface area contributed by atoms with Gasteiger partial charge in [0.05, 0.1) is 5.56 Å². The van der Waals surface area contributed by atoms with Gasteiger partial charge in [0.1, 0.15) is 11.2 Å².